The van der Waals surface area contributed by atoms with Crippen molar-refractivity contribution in [2.45, 2.75) is 38.3 Å². The number of aliphatic hydroxyl groups is 1. The van der Waals surface area contributed by atoms with Gasteiger partial charge >= 0.3 is 6.03 Å². The molecular formula is C14H20N2O2. The average Bonchev–Trinajstić information content (AvgIpc) is 2.67. The molecule has 4 heteroatoms. The maximum Gasteiger partial charge on any atom is 0.315 e. The third kappa shape index (κ3) is 2.82. The Hall–Kier alpha value is -1.55. The van der Waals surface area contributed by atoms with Gasteiger partial charge in [0.25, 0.3) is 0 Å². The molecule has 0 aliphatic heterocycles. The molecule has 0 saturated heterocycles. The van der Waals surface area contributed by atoms with Crippen molar-refractivity contribution in [3.63, 3.8) is 0 Å². The van der Waals surface area contributed by atoms with Crippen molar-refractivity contribution < 1.29 is 9.90 Å². The van der Waals surface area contributed by atoms with Crippen LogP contribution in [-0.2, 0) is 6.42 Å². The molecule has 0 heterocycles. The molecule has 0 saturated carbocycles. The van der Waals surface area contributed by atoms with Crippen LogP contribution in [0.3, 0.4) is 0 Å². The summed E-state index contributed by atoms with van der Waals surface area (Å²) >= 11 is 0. The fourth-order valence-corrected chi connectivity index (χ4v) is 2.32. The number of fused-ring (bicyclic) bond motifs is 1. The van der Waals surface area contributed by atoms with Gasteiger partial charge < -0.3 is 15.7 Å². The molecule has 1 aromatic carbocycles. The second kappa shape index (κ2) is 5.87. The maximum absolute atomic E-state index is 11.7. The van der Waals surface area contributed by atoms with E-state index in [-0.39, 0.29) is 12.1 Å². The smallest absolute Gasteiger partial charge is 0.315 e. The van der Waals surface area contributed by atoms with Gasteiger partial charge in [-0.1, -0.05) is 37.6 Å². The van der Waals surface area contributed by atoms with E-state index in [9.17, 15) is 9.90 Å². The van der Waals surface area contributed by atoms with Crippen LogP contribution in [0, 0.1) is 0 Å². The summed E-state index contributed by atoms with van der Waals surface area (Å²) in [5.74, 6) is 0. The summed E-state index contributed by atoms with van der Waals surface area (Å²) < 4.78 is 0. The van der Waals surface area contributed by atoms with E-state index in [1.807, 2.05) is 24.3 Å². The minimum atomic E-state index is -0.528. The zero-order chi connectivity index (χ0) is 13.0. The number of benzene rings is 1. The second-order valence-electron chi connectivity index (χ2n) is 4.70. The summed E-state index contributed by atoms with van der Waals surface area (Å²) in [6, 6.07) is 7.35. The summed E-state index contributed by atoms with van der Waals surface area (Å²) in [6.45, 7) is 2.75. The minimum absolute atomic E-state index is 0.204. The van der Waals surface area contributed by atoms with E-state index < -0.39 is 6.10 Å². The van der Waals surface area contributed by atoms with E-state index in [1.54, 1.807) is 0 Å². The fourth-order valence-electron chi connectivity index (χ4n) is 2.32. The van der Waals surface area contributed by atoms with Gasteiger partial charge in [-0.05, 0) is 17.5 Å². The van der Waals surface area contributed by atoms with E-state index in [0.29, 0.717) is 13.0 Å². The standard InChI is InChI=1S/C14H20N2O2/c1-2-3-8-15-14(18)16-13-11-7-5-4-6-10(11)9-12(13)17/h4-7,12-13,17H,2-3,8-9H2,1H3,(H2,15,16,18)/t12-,13+/m1/s1. The predicted octanol–water partition coefficient (Wildman–Crippen LogP) is 1.74. The molecule has 3 N–H and O–H groups in total. The van der Waals surface area contributed by atoms with Crippen molar-refractivity contribution in [3.8, 4) is 0 Å². The lowest BCUT2D eigenvalue weighted by Crippen LogP contribution is -2.41. The summed E-state index contributed by atoms with van der Waals surface area (Å²) in [5, 5.41) is 15.6. The zero-order valence-corrected chi connectivity index (χ0v) is 10.6. The number of carbonyl (C=O) groups excluding carboxylic acids is 1. The lowest BCUT2D eigenvalue weighted by molar-refractivity contribution is 0.142. The third-order valence-corrected chi connectivity index (χ3v) is 3.31. The van der Waals surface area contributed by atoms with Gasteiger partial charge in [-0.3, -0.25) is 0 Å². The van der Waals surface area contributed by atoms with Gasteiger partial charge in [-0.15, -0.1) is 0 Å². The van der Waals surface area contributed by atoms with Crippen molar-refractivity contribution in [1.29, 1.82) is 0 Å². The molecule has 1 aliphatic rings. The number of hydrogen-bond acceptors (Lipinski definition) is 2. The van der Waals surface area contributed by atoms with Gasteiger partial charge in [0.05, 0.1) is 12.1 Å². The molecule has 0 spiro atoms. The molecule has 4 nitrogen and oxygen atoms in total. The van der Waals surface area contributed by atoms with Gasteiger partial charge in [-0.2, -0.15) is 0 Å². The van der Waals surface area contributed by atoms with Crippen LogP contribution in [0.1, 0.15) is 36.9 Å². The van der Waals surface area contributed by atoms with Crippen LogP contribution in [-0.4, -0.2) is 23.8 Å². The number of hydrogen-bond donors (Lipinski definition) is 3. The van der Waals surface area contributed by atoms with Crippen LogP contribution < -0.4 is 10.6 Å². The van der Waals surface area contributed by atoms with E-state index in [2.05, 4.69) is 17.6 Å². The quantitative estimate of drug-likeness (QED) is 0.711. The molecule has 2 amide bonds. The Morgan fingerprint density at radius 1 is 1.44 bits per heavy atom. The molecule has 0 bridgehead atoms. The number of nitrogens with one attached hydrogen (secondary N) is 2. The second-order valence-corrected chi connectivity index (χ2v) is 4.70. The monoisotopic (exact) mass is 248 g/mol. The Labute approximate surface area is 107 Å². The van der Waals surface area contributed by atoms with Crippen LogP contribution in [0.25, 0.3) is 0 Å². The van der Waals surface area contributed by atoms with Gasteiger partial charge in [0.15, 0.2) is 0 Å². The molecule has 0 fully saturated rings. The summed E-state index contributed by atoms with van der Waals surface area (Å²) in [4.78, 5) is 11.7. The van der Waals surface area contributed by atoms with E-state index in [1.165, 1.54) is 0 Å². The number of rotatable bonds is 4. The van der Waals surface area contributed by atoms with Gasteiger partial charge in [0.1, 0.15) is 0 Å². The van der Waals surface area contributed by atoms with E-state index in [4.69, 9.17) is 0 Å². The first-order valence-electron chi connectivity index (χ1n) is 6.52. The largest absolute Gasteiger partial charge is 0.390 e. The first-order valence-corrected chi connectivity index (χ1v) is 6.52. The van der Waals surface area contributed by atoms with Gasteiger partial charge in [-0.25, -0.2) is 4.79 Å². The van der Waals surface area contributed by atoms with E-state index >= 15 is 0 Å². The molecular weight excluding hydrogens is 228 g/mol. The van der Waals surface area contributed by atoms with Gasteiger partial charge in [0, 0.05) is 13.0 Å². The van der Waals surface area contributed by atoms with Gasteiger partial charge in [0.2, 0.25) is 0 Å². The SMILES string of the molecule is CCCCNC(=O)N[C@H]1c2ccccc2C[C@H]1O. The molecule has 0 unspecified atom stereocenters. The van der Waals surface area contributed by atoms with Crippen molar-refractivity contribution in [3.05, 3.63) is 35.4 Å². The number of carbonyl (C=O) groups is 1. The third-order valence-electron chi connectivity index (χ3n) is 3.31. The first-order chi connectivity index (χ1) is 8.72. The van der Waals surface area contributed by atoms with Crippen molar-refractivity contribution in [2.24, 2.45) is 0 Å². The van der Waals surface area contributed by atoms with Crippen molar-refractivity contribution >= 4 is 6.03 Å². The number of amides is 2. The minimum Gasteiger partial charge on any atom is -0.390 e. The highest BCUT2D eigenvalue weighted by Crippen LogP contribution is 2.30. The first kappa shape index (κ1) is 12.9. The number of urea groups is 1. The normalized spacial score (nSPS) is 21.4. The molecule has 1 aliphatic carbocycles. The molecule has 0 aromatic heterocycles. The topological polar surface area (TPSA) is 61.4 Å². The van der Waals surface area contributed by atoms with Crippen molar-refractivity contribution in [2.75, 3.05) is 6.54 Å². The number of unbranched alkanes of at least 4 members (excludes halogenated alkanes) is 1. The molecule has 0 radical (unpaired) electrons. The molecule has 2 rings (SSSR count). The Balaban J connectivity index is 1.95. The molecule has 2 atom stereocenters. The number of aliphatic hydroxyl groups excluding tert-OH is 1. The van der Waals surface area contributed by atoms with Crippen LogP contribution in [0.2, 0.25) is 0 Å². The lowest BCUT2D eigenvalue weighted by atomic mass is 10.1. The zero-order valence-electron chi connectivity index (χ0n) is 10.6. The summed E-state index contributed by atoms with van der Waals surface area (Å²) in [7, 11) is 0. The summed E-state index contributed by atoms with van der Waals surface area (Å²) in [6.07, 6.45) is 2.10. The van der Waals surface area contributed by atoms with E-state index in [0.717, 1.165) is 24.0 Å². The van der Waals surface area contributed by atoms with Crippen LogP contribution in [0.5, 0.6) is 0 Å². The molecule has 1 aromatic rings. The highest BCUT2D eigenvalue weighted by molar-refractivity contribution is 5.74. The van der Waals surface area contributed by atoms with Crippen LogP contribution in [0.4, 0.5) is 4.79 Å². The Kier molecular flexibility index (Phi) is 4.20. The average molecular weight is 248 g/mol. The predicted molar refractivity (Wildman–Crippen MR) is 70.3 cm³/mol. The molecule has 98 valence electrons. The van der Waals surface area contributed by atoms with Crippen LogP contribution in [0.15, 0.2) is 24.3 Å². The molecule has 18 heavy (non-hydrogen) atoms. The lowest BCUT2D eigenvalue weighted by Gasteiger charge is -2.18. The fraction of sp³-hybridized carbons (Fsp3) is 0.500. The van der Waals surface area contributed by atoms with Crippen molar-refractivity contribution in [1.82, 2.24) is 10.6 Å². The Morgan fingerprint density at radius 3 is 3.00 bits per heavy atom. The Bertz CT molecular complexity index is 420. The Morgan fingerprint density at radius 2 is 2.22 bits per heavy atom. The summed E-state index contributed by atoms with van der Waals surface area (Å²) in [5.41, 5.74) is 2.14. The maximum atomic E-state index is 11.7. The highest BCUT2D eigenvalue weighted by Gasteiger charge is 2.31. The van der Waals surface area contributed by atoms with Crippen LogP contribution >= 0.6 is 0 Å². The highest BCUT2D eigenvalue weighted by atomic mass is 16.3.